The first-order chi connectivity index (χ1) is 13.1. The molecule has 0 radical (unpaired) electrons. The Hall–Kier alpha value is -3.31. The van der Waals surface area contributed by atoms with Gasteiger partial charge in [0.15, 0.2) is 12.2 Å². The summed E-state index contributed by atoms with van der Waals surface area (Å²) in [4.78, 5) is 13.1. The smallest absolute Gasteiger partial charge is 0.211 e. The highest BCUT2D eigenvalue weighted by Crippen LogP contribution is 2.46. The van der Waals surface area contributed by atoms with Gasteiger partial charge >= 0.3 is 0 Å². The van der Waals surface area contributed by atoms with E-state index in [1.807, 2.05) is 48.5 Å². The number of benzene rings is 3. The van der Waals surface area contributed by atoms with Gasteiger partial charge in [-0.15, -0.1) is 0 Å². The van der Waals surface area contributed by atoms with Gasteiger partial charge in [0.1, 0.15) is 17.2 Å². The first-order valence-corrected chi connectivity index (χ1v) is 8.60. The number of fused-ring (bicyclic) bond motifs is 1. The van der Waals surface area contributed by atoms with Crippen LogP contribution in [0.25, 0.3) is 0 Å². The van der Waals surface area contributed by atoms with Gasteiger partial charge in [0, 0.05) is 12.1 Å². The van der Waals surface area contributed by atoms with Crippen LogP contribution in [-0.4, -0.2) is 16.0 Å². The lowest BCUT2D eigenvalue weighted by Gasteiger charge is -2.31. The zero-order valence-electron chi connectivity index (χ0n) is 14.4. The molecule has 2 N–H and O–H groups in total. The molecule has 1 aliphatic rings. The molecule has 0 saturated carbocycles. The van der Waals surface area contributed by atoms with E-state index in [0.717, 1.165) is 5.56 Å². The predicted octanol–water partition coefficient (Wildman–Crippen LogP) is 4.06. The number of carbonyl (C=O) groups excluding carboxylic acids is 1. The summed E-state index contributed by atoms with van der Waals surface area (Å²) in [6.07, 6.45) is -1.87. The third-order valence-corrected chi connectivity index (χ3v) is 4.49. The number of carbonyl (C=O) groups is 1. The van der Waals surface area contributed by atoms with Gasteiger partial charge in [0.25, 0.3) is 0 Å². The van der Waals surface area contributed by atoms with Crippen LogP contribution < -0.4 is 4.74 Å². The van der Waals surface area contributed by atoms with E-state index in [4.69, 9.17) is 9.47 Å². The van der Waals surface area contributed by atoms with Crippen molar-refractivity contribution in [1.82, 2.24) is 0 Å². The summed E-state index contributed by atoms with van der Waals surface area (Å²) in [7, 11) is 0. The Balaban J connectivity index is 1.72. The van der Waals surface area contributed by atoms with E-state index in [9.17, 15) is 15.0 Å². The molecule has 0 bridgehead atoms. The van der Waals surface area contributed by atoms with E-state index >= 15 is 0 Å². The van der Waals surface area contributed by atoms with Crippen molar-refractivity contribution in [2.45, 2.75) is 18.8 Å². The summed E-state index contributed by atoms with van der Waals surface area (Å²) in [5, 5.41) is 20.1. The summed E-state index contributed by atoms with van der Waals surface area (Å²) in [5.41, 5.74) is 1.83. The van der Waals surface area contributed by atoms with Crippen molar-refractivity contribution in [3.8, 4) is 17.2 Å². The second-order valence-corrected chi connectivity index (χ2v) is 6.36. The van der Waals surface area contributed by atoms with Crippen LogP contribution in [0.3, 0.4) is 0 Å². The zero-order valence-corrected chi connectivity index (χ0v) is 14.4. The fourth-order valence-electron chi connectivity index (χ4n) is 3.20. The van der Waals surface area contributed by atoms with Crippen molar-refractivity contribution in [2.24, 2.45) is 0 Å². The highest BCUT2D eigenvalue weighted by atomic mass is 16.5. The maximum Gasteiger partial charge on any atom is 0.211 e. The maximum absolute atomic E-state index is 13.1. The summed E-state index contributed by atoms with van der Waals surface area (Å²) >= 11 is 0. The lowest BCUT2D eigenvalue weighted by atomic mass is 9.92. The minimum absolute atomic E-state index is 0.144. The molecule has 136 valence electrons. The van der Waals surface area contributed by atoms with Gasteiger partial charge in [-0.2, -0.15) is 0 Å². The second kappa shape index (κ2) is 7.13. The van der Waals surface area contributed by atoms with Gasteiger partial charge in [-0.25, -0.2) is 0 Å². The zero-order chi connectivity index (χ0) is 18.8. The molecular formula is C22H18O5. The van der Waals surface area contributed by atoms with Crippen LogP contribution in [0.1, 0.15) is 28.9 Å². The maximum atomic E-state index is 13.1. The molecule has 4 rings (SSSR count). The number of phenolic OH excluding ortho intramolecular Hbond substituents is 2. The Bertz CT molecular complexity index is 953. The molecule has 0 spiro atoms. The number of ketones is 1. The van der Waals surface area contributed by atoms with Crippen LogP contribution >= 0.6 is 0 Å². The van der Waals surface area contributed by atoms with Crippen molar-refractivity contribution >= 4 is 5.78 Å². The number of rotatable bonds is 4. The van der Waals surface area contributed by atoms with Gasteiger partial charge < -0.3 is 19.7 Å². The Morgan fingerprint density at radius 2 is 1.59 bits per heavy atom. The monoisotopic (exact) mass is 362 g/mol. The van der Waals surface area contributed by atoms with Crippen molar-refractivity contribution in [1.29, 1.82) is 0 Å². The number of aromatic hydroxyl groups is 2. The van der Waals surface area contributed by atoms with E-state index in [-0.39, 0.29) is 35.2 Å². The van der Waals surface area contributed by atoms with Gasteiger partial charge in [-0.1, -0.05) is 60.7 Å². The van der Waals surface area contributed by atoms with Gasteiger partial charge in [0.2, 0.25) is 5.78 Å². The van der Waals surface area contributed by atoms with Gasteiger partial charge in [0.05, 0.1) is 12.2 Å². The third kappa shape index (κ3) is 3.37. The quantitative estimate of drug-likeness (QED) is 0.732. The molecular weight excluding hydrogens is 344 g/mol. The Morgan fingerprint density at radius 3 is 2.30 bits per heavy atom. The average molecular weight is 362 g/mol. The molecule has 3 aromatic carbocycles. The van der Waals surface area contributed by atoms with Crippen molar-refractivity contribution < 1.29 is 24.5 Å². The third-order valence-electron chi connectivity index (χ3n) is 4.49. The highest BCUT2D eigenvalue weighted by molar-refractivity contribution is 5.92. The number of Topliss-reactive ketones (excluding diaryl/α,β-unsaturated/α-hetero) is 1. The fourth-order valence-corrected chi connectivity index (χ4v) is 3.20. The van der Waals surface area contributed by atoms with Crippen molar-refractivity contribution in [3.05, 3.63) is 89.5 Å². The standard InChI is InChI=1S/C22H18O5/c23-16-11-17(24)19-18(12-16)27-21(15-9-5-2-6-10-15)20(25)22(19)26-13-14-7-3-1-4-8-14/h1-12,21-24H,13H2. The second-order valence-electron chi connectivity index (χ2n) is 6.36. The molecule has 2 atom stereocenters. The predicted molar refractivity (Wildman–Crippen MR) is 98.6 cm³/mol. The lowest BCUT2D eigenvalue weighted by molar-refractivity contribution is -0.142. The molecule has 0 aliphatic carbocycles. The summed E-state index contributed by atoms with van der Waals surface area (Å²) in [6.45, 7) is 0.207. The number of hydrogen-bond donors (Lipinski definition) is 2. The van der Waals surface area contributed by atoms with Crippen LogP contribution in [0.5, 0.6) is 17.2 Å². The number of hydrogen-bond acceptors (Lipinski definition) is 5. The lowest BCUT2D eigenvalue weighted by Crippen LogP contribution is -2.31. The largest absolute Gasteiger partial charge is 0.508 e. The molecule has 27 heavy (non-hydrogen) atoms. The molecule has 2 unspecified atom stereocenters. The van der Waals surface area contributed by atoms with E-state index in [0.29, 0.717) is 5.56 Å². The van der Waals surface area contributed by atoms with E-state index in [1.54, 1.807) is 12.1 Å². The van der Waals surface area contributed by atoms with E-state index in [1.165, 1.54) is 12.1 Å². The molecule has 5 heteroatoms. The first kappa shape index (κ1) is 17.1. The molecule has 0 amide bonds. The average Bonchev–Trinajstić information content (AvgIpc) is 2.68. The fraction of sp³-hybridized carbons (Fsp3) is 0.136. The van der Waals surface area contributed by atoms with Crippen LogP contribution in [0, 0.1) is 0 Å². The number of phenols is 2. The van der Waals surface area contributed by atoms with Gasteiger partial charge in [-0.05, 0) is 11.1 Å². The molecule has 1 heterocycles. The minimum Gasteiger partial charge on any atom is -0.508 e. The normalized spacial score (nSPS) is 18.6. The Kier molecular flexibility index (Phi) is 4.52. The highest BCUT2D eigenvalue weighted by Gasteiger charge is 2.40. The summed E-state index contributed by atoms with van der Waals surface area (Å²) < 4.78 is 11.7. The van der Waals surface area contributed by atoms with Crippen LogP contribution in [-0.2, 0) is 16.1 Å². The van der Waals surface area contributed by atoms with E-state index in [2.05, 4.69) is 0 Å². The number of ether oxygens (including phenoxy) is 2. The SMILES string of the molecule is O=C1C(c2ccccc2)Oc2cc(O)cc(O)c2C1OCc1ccccc1. The molecule has 0 saturated heterocycles. The summed E-state index contributed by atoms with van der Waals surface area (Å²) in [6, 6.07) is 21.1. The molecule has 1 aliphatic heterocycles. The molecule has 0 aromatic heterocycles. The molecule has 5 nitrogen and oxygen atoms in total. The van der Waals surface area contributed by atoms with E-state index < -0.39 is 12.2 Å². The Morgan fingerprint density at radius 1 is 0.926 bits per heavy atom. The Labute approximate surface area is 156 Å². The topological polar surface area (TPSA) is 76.0 Å². The van der Waals surface area contributed by atoms with Gasteiger partial charge in [-0.3, -0.25) is 4.79 Å². The van der Waals surface area contributed by atoms with Crippen LogP contribution in [0.4, 0.5) is 0 Å². The molecule has 3 aromatic rings. The summed E-state index contributed by atoms with van der Waals surface area (Å²) in [5.74, 6) is -0.443. The first-order valence-electron chi connectivity index (χ1n) is 8.60. The van der Waals surface area contributed by atoms with Crippen LogP contribution in [0.2, 0.25) is 0 Å². The minimum atomic E-state index is -1.00. The van der Waals surface area contributed by atoms with Crippen molar-refractivity contribution in [2.75, 3.05) is 0 Å². The molecule has 0 fully saturated rings. The van der Waals surface area contributed by atoms with Crippen molar-refractivity contribution in [3.63, 3.8) is 0 Å². The van der Waals surface area contributed by atoms with Crippen LogP contribution in [0.15, 0.2) is 72.8 Å².